The fraction of sp³-hybridized carbons (Fsp3) is 0.375. The summed E-state index contributed by atoms with van der Waals surface area (Å²) in [7, 11) is 0. The monoisotopic (exact) mass is 289 g/mol. The molecule has 20 heavy (non-hydrogen) atoms. The standard InChI is InChI=1S/C16H16ClNO2/c17-13-10-15(18-14-9-5-4-8-12(13)14)16(19)20-11-6-2-1-3-7-11/h4-5,8-11H,1-3,6-7H2. The Labute approximate surface area is 122 Å². The van der Waals surface area contributed by atoms with Gasteiger partial charge in [0.1, 0.15) is 6.10 Å². The second-order valence-corrected chi connectivity index (χ2v) is 5.58. The molecule has 1 aliphatic carbocycles. The molecule has 0 saturated heterocycles. The van der Waals surface area contributed by atoms with E-state index in [2.05, 4.69) is 4.98 Å². The summed E-state index contributed by atoms with van der Waals surface area (Å²) in [5.41, 5.74) is 1.01. The van der Waals surface area contributed by atoms with Crippen molar-refractivity contribution in [1.82, 2.24) is 4.98 Å². The highest BCUT2D eigenvalue weighted by Crippen LogP contribution is 2.25. The number of hydrogen-bond donors (Lipinski definition) is 0. The first-order valence-corrected chi connectivity index (χ1v) is 7.38. The Kier molecular flexibility index (Phi) is 3.88. The lowest BCUT2D eigenvalue weighted by molar-refractivity contribution is 0.0205. The third kappa shape index (κ3) is 2.78. The van der Waals surface area contributed by atoms with E-state index in [-0.39, 0.29) is 12.1 Å². The third-order valence-electron chi connectivity index (χ3n) is 3.70. The van der Waals surface area contributed by atoms with Crippen LogP contribution in [0.25, 0.3) is 10.9 Å². The summed E-state index contributed by atoms with van der Waals surface area (Å²) in [5.74, 6) is -0.371. The van der Waals surface area contributed by atoms with Gasteiger partial charge in [0, 0.05) is 5.39 Å². The first-order chi connectivity index (χ1) is 9.74. The first kappa shape index (κ1) is 13.4. The Bertz CT molecular complexity index is 635. The zero-order valence-electron chi connectivity index (χ0n) is 11.1. The maximum atomic E-state index is 12.2. The van der Waals surface area contributed by atoms with E-state index < -0.39 is 0 Å². The molecule has 1 saturated carbocycles. The van der Waals surface area contributed by atoms with E-state index in [1.54, 1.807) is 6.07 Å². The van der Waals surface area contributed by atoms with E-state index in [1.807, 2.05) is 24.3 Å². The summed E-state index contributed by atoms with van der Waals surface area (Å²) in [6, 6.07) is 9.10. The summed E-state index contributed by atoms with van der Waals surface area (Å²) in [6.07, 6.45) is 5.42. The van der Waals surface area contributed by atoms with Gasteiger partial charge in [-0.1, -0.05) is 36.2 Å². The predicted molar refractivity (Wildman–Crippen MR) is 79.0 cm³/mol. The van der Waals surface area contributed by atoms with Crippen LogP contribution >= 0.6 is 11.6 Å². The number of ether oxygens (including phenoxy) is 1. The fourth-order valence-electron chi connectivity index (χ4n) is 2.63. The number of carbonyl (C=O) groups excluding carboxylic acids is 1. The Morgan fingerprint density at radius 2 is 1.95 bits per heavy atom. The Morgan fingerprint density at radius 1 is 1.20 bits per heavy atom. The number of carbonyl (C=O) groups is 1. The number of esters is 1. The highest BCUT2D eigenvalue weighted by molar-refractivity contribution is 6.35. The Balaban J connectivity index is 1.84. The highest BCUT2D eigenvalue weighted by Gasteiger charge is 2.20. The quantitative estimate of drug-likeness (QED) is 0.770. The third-order valence-corrected chi connectivity index (χ3v) is 4.01. The van der Waals surface area contributed by atoms with Crippen LogP contribution in [0.1, 0.15) is 42.6 Å². The summed E-state index contributed by atoms with van der Waals surface area (Å²) in [6.45, 7) is 0. The Hall–Kier alpha value is -1.61. The molecule has 0 atom stereocenters. The topological polar surface area (TPSA) is 39.2 Å². The number of para-hydroxylation sites is 1. The molecule has 1 aromatic heterocycles. The van der Waals surface area contributed by atoms with Crippen molar-refractivity contribution in [2.24, 2.45) is 0 Å². The predicted octanol–water partition coefficient (Wildman–Crippen LogP) is 4.38. The molecule has 0 aliphatic heterocycles. The van der Waals surface area contributed by atoms with Crippen LogP contribution in [0.3, 0.4) is 0 Å². The van der Waals surface area contributed by atoms with Gasteiger partial charge < -0.3 is 4.74 Å². The number of aromatic nitrogens is 1. The van der Waals surface area contributed by atoms with Crippen LogP contribution in [0.2, 0.25) is 5.02 Å². The molecule has 0 unspecified atom stereocenters. The van der Waals surface area contributed by atoms with Crippen molar-refractivity contribution < 1.29 is 9.53 Å². The van der Waals surface area contributed by atoms with Gasteiger partial charge in [0.05, 0.1) is 10.5 Å². The van der Waals surface area contributed by atoms with E-state index in [9.17, 15) is 4.79 Å². The largest absolute Gasteiger partial charge is 0.458 e. The van der Waals surface area contributed by atoms with Gasteiger partial charge in [-0.15, -0.1) is 0 Å². The van der Waals surface area contributed by atoms with Crippen LogP contribution < -0.4 is 0 Å². The molecule has 0 N–H and O–H groups in total. The summed E-state index contributed by atoms with van der Waals surface area (Å²) >= 11 is 6.20. The van der Waals surface area contributed by atoms with Gasteiger partial charge in [0.15, 0.2) is 5.69 Å². The molecule has 0 bridgehead atoms. The molecule has 1 heterocycles. The maximum Gasteiger partial charge on any atom is 0.357 e. The molecule has 1 fully saturated rings. The number of hydrogen-bond acceptors (Lipinski definition) is 3. The maximum absolute atomic E-state index is 12.2. The van der Waals surface area contributed by atoms with Crippen molar-refractivity contribution in [2.45, 2.75) is 38.2 Å². The van der Waals surface area contributed by atoms with E-state index in [4.69, 9.17) is 16.3 Å². The number of nitrogens with zero attached hydrogens (tertiary/aromatic N) is 1. The van der Waals surface area contributed by atoms with Crippen molar-refractivity contribution in [3.63, 3.8) is 0 Å². The molecular weight excluding hydrogens is 274 g/mol. The van der Waals surface area contributed by atoms with Crippen molar-refractivity contribution in [3.8, 4) is 0 Å². The van der Waals surface area contributed by atoms with E-state index in [1.165, 1.54) is 6.42 Å². The lowest BCUT2D eigenvalue weighted by Gasteiger charge is -2.21. The number of halogens is 1. The summed E-state index contributed by atoms with van der Waals surface area (Å²) in [4.78, 5) is 16.5. The molecule has 1 aromatic carbocycles. The molecular formula is C16H16ClNO2. The molecule has 3 nitrogen and oxygen atoms in total. The SMILES string of the molecule is O=C(OC1CCCCC1)c1cc(Cl)c2ccccc2n1. The van der Waals surface area contributed by atoms with Gasteiger partial charge >= 0.3 is 5.97 Å². The van der Waals surface area contributed by atoms with Crippen LogP contribution in [0.15, 0.2) is 30.3 Å². The Morgan fingerprint density at radius 3 is 2.75 bits per heavy atom. The van der Waals surface area contributed by atoms with Crippen LogP contribution in [-0.2, 0) is 4.74 Å². The minimum Gasteiger partial charge on any atom is -0.458 e. The van der Waals surface area contributed by atoms with Crippen molar-refractivity contribution in [2.75, 3.05) is 0 Å². The van der Waals surface area contributed by atoms with Crippen molar-refractivity contribution in [1.29, 1.82) is 0 Å². The normalized spacial score (nSPS) is 16.2. The van der Waals surface area contributed by atoms with E-state index in [0.29, 0.717) is 10.7 Å². The molecule has 4 heteroatoms. The summed E-state index contributed by atoms with van der Waals surface area (Å²) in [5, 5.41) is 1.38. The molecule has 104 valence electrons. The van der Waals surface area contributed by atoms with Gasteiger partial charge in [-0.05, 0) is 37.8 Å². The minimum atomic E-state index is -0.371. The molecule has 0 radical (unpaired) electrons. The number of rotatable bonds is 2. The van der Waals surface area contributed by atoms with E-state index >= 15 is 0 Å². The van der Waals surface area contributed by atoms with Crippen LogP contribution in [0.4, 0.5) is 0 Å². The highest BCUT2D eigenvalue weighted by atomic mass is 35.5. The minimum absolute atomic E-state index is 0.0308. The van der Waals surface area contributed by atoms with E-state index in [0.717, 1.165) is 36.6 Å². The first-order valence-electron chi connectivity index (χ1n) is 7.00. The average molecular weight is 290 g/mol. The lowest BCUT2D eigenvalue weighted by atomic mass is 9.98. The van der Waals surface area contributed by atoms with Crippen LogP contribution in [0, 0.1) is 0 Å². The van der Waals surface area contributed by atoms with Gasteiger partial charge in [0.2, 0.25) is 0 Å². The fourth-order valence-corrected chi connectivity index (χ4v) is 2.90. The van der Waals surface area contributed by atoms with Gasteiger partial charge in [-0.25, -0.2) is 9.78 Å². The number of benzene rings is 1. The second kappa shape index (κ2) is 5.80. The van der Waals surface area contributed by atoms with Crippen LogP contribution in [0.5, 0.6) is 0 Å². The average Bonchev–Trinajstić information content (AvgIpc) is 2.48. The number of fused-ring (bicyclic) bond motifs is 1. The molecule has 2 aromatic rings. The lowest BCUT2D eigenvalue weighted by Crippen LogP contribution is -2.21. The van der Waals surface area contributed by atoms with Gasteiger partial charge in [-0.2, -0.15) is 0 Å². The molecule has 0 spiro atoms. The number of pyridine rings is 1. The second-order valence-electron chi connectivity index (χ2n) is 5.17. The molecule has 3 rings (SSSR count). The molecule has 0 amide bonds. The zero-order valence-corrected chi connectivity index (χ0v) is 11.9. The van der Waals surface area contributed by atoms with Crippen molar-refractivity contribution >= 4 is 28.5 Å². The van der Waals surface area contributed by atoms with Gasteiger partial charge in [0.25, 0.3) is 0 Å². The summed E-state index contributed by atoms with van der Waals surface area (Å²) < 4.78 is 5.52. The zero-order chi connectivity index (χ0) is 13.9. The smallest absolute Gasteiger partial charge is 0.357 e. The van der Waals surface area contributed by atoms with Crippen LogP contribution in [-0.4, -0.2) is 17.1 Å². The molecule has 1 aliphatic rings. The van der Waals surface area contributed by atoms with Crippen molar-refractivity contribution in [3.05, 3.63) is 41.0 Å². The van der Waals surface area contributed by atoms with Gasteiger partial charge in [-0.3, -0.25) is 0 Å².